The van der Waals surface area contributed by atoms with Crippen LogP contribution in [0, 0.1) is 0 Å². The fourth-order valence-corrected chi connectivity index (χ4v) is 1.75. The first-order valence-corrected chi connectivity index (χ1v) is 6.25. The summed E-state index contributed by atoms with van der Waals surface area (Å²) < 4.78 is 6.14. The van der Waals surface area contributed by atoms with Crippen LogP contribution in [0.4, 0.5) is 0 Å². The molecule has 1 atom stereocenters. The molecule has 2 aromatic rings. The van der Waals surface area contributed by atoms with Gasteiger partial charge in [-0.15, -0.1) is 0 Å². The van der Waals surface area contributed by atoms with Gasteiger partial charge in [-0.1, -0.05) is 0 Å². The molecule has 7 heteroatoms. The van der Waals surface area contributed by atoms with Gasteiger partial charge in [0.25, 0.3) is 5.91 Å². The standard InChI is InChI=1S/C14H15N3O4/c1-21-14(20)12(9-18)16-13(19)10-3-5-11(6-4-10)17-8-2-7-15-17/h2-8,12,18H,9H2,1H3,(H,16,19)/t12-/m1/s1. The highest BCUT2D eigenvalue weighted by atomic mass is 16.5. The molecule has 1 aromatic carbocycles. The molecule has 7 nitrogen and oxygen atoms in total. The smallest absolute Gasteiger partial charge is 0.330 e. The predicted octanol–water partition coefficient (Wildman–Crippen LogP) is 0.136. The lowest BCUT2D eigenvalue weighted by molar-refractivity contribution is -0.143. The van der Waals surface area contributed by atoms with Crippen LogP contribution in [-0.4, -0.2) is 46.5 Å². The first-order valence-electron chi connectivity index (χ1n) is 6.25. The number of aromatic nitrogens is 2. The molecule has 110 valence electrons. The number of carbonyl (C=O) groups excluding carboxylic acids is 2. The van der Waals surface area contributed by atoms with Crippen LogP contribution < -0.4 is 5.32 Å². The maximum atomic E-state index is 12.0. The lowest BCUT2D eigenvalue weighted by Crippen LogP contribution is -2.44. The molecule has 1 heterocycles. The van der Waals surface area contributed by atoms with Crippen LogP contribution in [-0.2, 0) is 9.53 Å². The summed E-state index contributed by atoms with van der Waals surface area (Å²) in [6.07, 6.45) is 3.44. The highest BCUT2D eigenvalue weighted by Gasteiger charge is 2.21. The van der Waals surface area contributed by atoms with Gasteiger partial charge in [-0.25, -0.2) is 9.48 Å². The molecule has 0 saturated carbocycles. The van der Waals surface area contributed by atoms with Crippen molar-refractivity contribution in [3.8, 4) is 5.69 Å². The number of esters is 1. The molecule has 0 saturated heterocycles. The van der Waals surface area contributed by atoms with Gasteiger partial charge in [0, 0.05) is 18.0 Å². The Labute approximate surface area is 121 Å². The van der Waals surface area contributed by atoms with Gasteiger partial charge in [0.1, 0.15) is 0 Å². The lowest BCUT2D eigenvalue weighted by atomic mass is 10.2. The number of ether oxygens (including phenoxy) is 1. The SMILES string of the molecule is COC(=O)[C@@H](CO)NC(=O)c1ccc(-n2cccn2)cc1. The number of nitrogens with one attached hydrogen (secondary N) is 1. The van der Waals surface area contributed by atoms with Crippen molar-refractivity contribution in [2.45, 2.75) is 6.04 Å². The average Bonchev–Trinajstić information content (AvgIpc) is 3.06. The van der Waals surface area contributed by atoms with E-state index in [1.807, 2.05) is 0 Å². The Morgan fingerprint density at radius 2 is 2.10 bits per heavy atom. The van der Waals surface area contributed by atoms with E-state index in [2.05, 4.69) is 15.2 Å². The summed E-state index contributed by atoms with van der Waals surface area (Å²) >= 11 is 0. The number of nitrogens with zero attached hydrogens (tertiary/aromatic N) is 2. The summed E-state index contributed by atoms with van der Waals surface area (Å²) in [5.41, 5.74) is 1.18. The third kappa shape index (κ3) is 3.46. The molecule has 21 heavy (non-hydrogen) atoms. The fourth-order valence-electron chi connectivity index (χ4n) is 1.75. The zero-order valence-electron chi connectivity index (χ0n) is 11.4. The van der Waals surface area contributed by atoms with E-state index in [0.717, 1.165) is 5.69 Å². The Bertz CT molecular complexity index is 608. The van der Waals surface area contributed by atoms with Crippen molar-refractivity contribution in [2.75, 3.05) is 13.7 Å². The molecule has 0 aliphatic heterocycles. The maximum absolute atomic E-state index is 12.0. The lowest BCUT2D eigenvalue weighted by Gasteiger charge is -2.13. The molecule has 2 N–H and O–H groups in total. The van der Waals surface area contributed by atoms with Gasteiger partial charge in [-0.3, -0.25) is 4.79 Å². The van der Waals surface area contributed by atoms with Crippen molar-refractivity contribution >= 4 is 11.9 Å². The summed E-state index contributed by atoms with van der Waals surface area (Å²) in [5, 5.41) is 15.5. The van der Waals surface area contributed by atoms with E-state index in [1.165, 1.54) is 7.11 Å². The van der Waals surface area contributed by atoms with E-state index in [-0.39, 0.29) is 0 Å². The summed E-state index contributed by atoms with van der Waals surface area (Å²) in [5.74, 6) is -1.16. The second kappa shape index (κ2) is 6.67. The van der Waals surface area contributed by atoms with Crippen LogP contribution in [0.3, 0.4) is 0 Å². The van der Waals surface area contributed by atoms with Crippen LogP contribution in [0.2, 0.25) is 0 Å². The maximum Gasteiger partial charge on any atom is 0.330 e. The van der Waals surface area contributed by atoms with Crippen LogP contribution in [0.15, 0.2) is 42.7 Å². The number of carbonyl (C=O) groups is 2. The quantitative estimate of drug-likeness (QED) is 0.763. The second-order valence-electron chi connectivity index (χ2n) is 4.23. The molecule has 0 aliphatic carbocycles. The zero-order valence-corrected chi connectivity index (χ0v) is 11.4. The number of aliphatic hydroxyl groups is 1. The van der Waals surface area contributed by atoms with Gasteiger partial charge < -0.3 is 15.2 Å². The Balaban J connectivity index is 2.08. The monoisotopic (exact) mass is 289 g/mol. The minimum Gasteiger partial charge on any atom is -0.467 e. The summed E-state index contributed by atoms with van der Waals surface area (Å²) in [6, 6.07) is 7.40. The van der Waals surface area contributed by atoms with Crippen molar-refractivity contribution in [1.82, 2.24) is 15.1 Å². The van der Waals surface area contributed by atoms with Crippen molar-refractivity contribution in [3.63, 3.8) is 0 Å². The summed E-state index contributed by atoms with van der Waals surface area (Å²) in [7, 11) is 1.19. The summed E-state index contributed by atoms with van der Waals surface area (Å²) in [6.45, 7) is -0.524. The van der Waals surface area contributed by atoms with E-state index in [1.54, 1.807) is 47.4 Å². The van der Waals surface area contributed by atoms with E-state index in [0.29, 0.717) is 5.56 Å². The van der Waals surface area contributed by atoms with Crippen molar-refractivity contribution in [2.24, 2.45) is 0 Å². The summed E-state index contributed by atoms with van der Waals surface area (Å²) in [4.78, 5) is 23.3. The highest BCUT2D eigenvalue weighted by Crippen LogP contribution is 2.08. The minimum absolute atomic E-state index is 0.369. The zero-order chi connectivity index (χ0) is 15.2. The number of amides is 1. The van der Waals surface area contributed by atoms with Crippen molar-refractivity contribution < 1.29 is 19.4 Å². The van der Waals surface area contributed by atoms with Gasteiger partial charge in [0.05, 0.1) is 19.4 Å². The van der Waals surface area contributed by atoms with E-state index >= 15 is 0 Å². The molecule has 0 bridgehead atoms. The Morgan fingerprint density at radius 1 is 1.38 bits per heavy atom. The van der Waals surface area contributed by atoms with Gasteiger partial charge in [0.2, 0.25) is 0 Å². The number of rotatable bonds is 5. The second-order valence-corrected chi connectivity index (χ2v) is 4.23. The molecule has 0 fully saturated rings. The third-order valence-corrected chi connectivity index (χ3v) is 2.87. The Kier molecular flexibility index (Phi) is 4.68. The topological polar surface area (TPSA) is 93.5 Å². The van der Waals surface area contributed by atoms with E-state index in [9.17, 15) is 9.59 Å². The Morgan fingerprint density at radius 3 is 2.62 bits per heavy atom. The molecule has 2 rings (SSSR count). The number of methoxy groups -OCH3 is 1. The van der Waals surface area contributed by atoms with E-state index < -0.39 is 24.5 Å². The number of aliphatic hydroxyl groups excluding tert-OH is 1. The van der Waals surface area contributed by atoms with Crippen LogP contribution in [0.5, 0.6) is 0 Å². The molecule has 1 aromatic heterocycles. The highest BCUT2D eigenvalue weighted by molar-refractivity contribution is 5.96. The van der Waals surface area contributed by atoms with Crippen LogP contribution in [0.25, 0.3) is 5.69 Å². The van der Waals surface area contributed by atoms with Gasteiger partial charge in [0.15, 0.2) is 6.04 Å². The van der Waals surface area contributed by atoms with E-state index in [4.69, 9.17) is 5.11 Å². The normalized spacial score (nSPS) is 11.7. The molecular weight excluding hydrogens is 274 g/mol. The number of hydrogen-bond acceptors (Lipinski definition) is 5. The number of benzene rings is 1. The van der Waals surface area contributed by atoms with Gasteiger partial charge in [-0.2, -0.15) is 5.10 Å². The van der Waals surface area contributed by atoms with Gasteiger partial charge in [-0.05, 0) is 30.3 Å². The first-order chi connectivity index (χ1) is 10.2. The molecule has 1 amide bonds. The van der Waals surface area contributed by atoms with Crippen LogP contribution in [0.1, 0.15) is 10.4 Å². The van der Waals surface area contributed by atoms with Crippen molar-refractivity contribution in [3.05, 3.63) is 48.3 Å². The first kappa shape index (κ1) is 14.7. The third-order valence-electron chi connectivity index (χ3n) is 2.87. The predicted molar refractivity (Wildman–Crippen MR) is 73.9 cm³/mol. The average molecular weight is 289 g/mol. The minimum atomic E-state index is -1.08. The molecular formula is C14H15N3O4. The fraction of sp³-hybridized carbons (Fsp3) is 0.214. The molecule has 0 unspecified atom stereocenters. The largest absolute Gasteiger partial charge is 0.467 e. The van der Waals surface area contributed by atoms with Crippen molar-refractivity contribution in [1.29, 1.82) is 0 Å². The molecule has 0 radical (unpaired) electrons. The molecule has 0 spiro atoms. The number of hydrogen-bond donors (Lipinski definition) is 2. The van der Waals surface area contributed by atoms with Crippen LogP contribution >= 0.6 is 0 Å². The molecule has 0 aliphatic rings. The van der Waals surface area contributed by atoms with Gasteiger partial charge >= 0.3 is 5.97 Å². The Hall–Kier alpha value is -2.67.